The first kappa shape index (κ1) is 29.1. The van der Waals surface area contributed by atoms with E-state index in [2.05, 4.69) is 163 Å². The van der Waals surface area contributed by atoms with Crippen LogP contribution in [0.4, 0.5) is 17.3 Å². The van der Waals surface area contributed by atoms with Gasteiger partial charge in [-0.25, -0.2) is 4.98 Å². The van der Waals surface area contributed by atoms with Crippen molar-refractivity contribution in [3.63, 3.8) is 0 Å². The molecule has 3 aromatic heterocycles. The Hall–Kier alpha value is -6.47. The molecule has 1 aliphatic heterocycles. The average molecular weight is 711 g/mol. The van der Waals surface area contributed by atoms with E-state index in [1.807, 2.05) is 11.3 Å². The summed E-state index contributed by atoms with van der Waals surface area (Å²) in [6.45, 7) is 0. The predicted molar refractivity (Wildman–Crippen MR) is 225 cm³/mol. The highest BCUT2D eigenvalue weighted by Gasteiger charge is 2.29. The smallest absolute Gasteiger partial charge is 0.238 e. The zero-order chi connectivity index (χ0) is 34.6. The third-order valence-electron chi connectivity index (χ3n) is 10.6. The van der Waals surface area contributed by atoms with Crippen molar-refractivity contribution in [1.29, 1.82) is 0 Å². The highest BCUT2D eigenvalue weighted by molar-refractivity contribution is 7.26. The first-order chi connectivity index (χ1) is 26.2. The first-order valence-corrected chi connectivity index (χ1v) is 19.3. The summed E-state index contributed by atoms with van der Waals surface area (Å²) in [7, 11) is 0. The minimum Gasteiger partial charge on any atom is -0.278 e. The summed E-state index contributed by atoms with van der Waals surface area (Å²) < 4.78 is 4.99. The molecule has 6 heteroatoms. The Morgan fingerprint density at radius 2 is 1.02 bits per heavy atom. The lowest BCUT2D eigenvalue weighted by Gasteiger charge is -2.32. The Bertz CT molecular complexity index is 3320. The molecule has 0 unspecified atom stereocenters. The van der Waals surface area contributed by atoms with Crippen LogP contribution in [0, 0.1) is 0 Å². The molecule has 0 saturated carbocycles. The van der Waals surface area contributed by atoms with Crippen LogP contribution in [-0.4, -0.2) is 15.0 Å². The normalized spacial score (nSPS) is 12.5. The van der Waals surface area contributed by atoms with Gasteiger partial charge in [-0.05, 0) is 76.3 Å². The molecule has 0 saturated heterocycles. The number of anilines is 3. The fourth-order valence-corrected chi connectivity index (χ4v) is 10.5. The number of aromatic nitrogens is 3. The van der Waals surface area contributed by atoms with Crippen LogP contribution in [0.2, 0.25) is 0 Å². The van der Waals surface area contributed by atoms with Crippen LogP contribution in [0.1, 0.15) is 0 Å². The van der Waals surface area contributed by atoms with Gasteiger partial charge in [0.15, 0.2) is 11.6 Å². The van der Waals surface area contributed by atoms with Gasteiger partial charge in [-0.3, -0.25) is 4.90 Å². The lowest BCUT2D eigenvalue weighted by molar-refractivity contribution is 1.03. The predicted octanol–water partition coefficient (Wildman–Crippen LogP) is 13.7. The van der Waals surface area contributed by atoms with Crippen LogP contribution in [-0.2, 0) is 0 Å². The number of hydrogen-bond acceptors (Lipinski definition) is 6. The molecule has 0 amide bonds. The number of fused-ring (bicyclic) bond motifs is 9. The van der Waals surface area contributed by atoms with Crippen LogP contribution >= 0.6 is 22.7 Å². The van der Waals surface area contributed by atoms with Gasteiger partial charge in [0.2, 0.25) is 5.95 Å². The monoisotopic (exact) mass is 710 g/mol. The minimum atomic E-state index is 0.593. The Morgan fingerprint density at radius 3 is 1.91 bits per heavy atom. The van der Waals surface area contributed by atoms with Gasteiger partial charge in [0.05, 0.1) is 11.4 Å². The molecule has 4 heterocycles. The van der Waals surface area contributed by atoms with Gasteiger partial charge in [0, 0.05) is 62.4 Å². The Labute approximate surface area is 311 Å². The van der Waals surface area contributed by atoms with Gasteiger partial charge in [-0.15, -0.1) is 22.7 Å². The van der Waals surface area contributed by atoms with Gasteiger partial charge < -0.3 is 0 Å². The van der Waals surface area contributed by atoms with Crippen molar-refractivity contribution < 1.29 is 0 Å². The van der Waals surface area contributed by atoms with Crippen LogP contribution in [0.3, 0.4) is 0 Å². The summed E-state index contributed by atoms with van der Waals surface area (Å²) in [6.07, 6.45) is 0. The molecule has 8 aromatic carbocycles. The van der Waals surface area contributed by atoms with Gasteiger partial charge in [-0.2, -0.15) is 9.97 Å². The summed E-state index contributed by atoms with van der Waals surface area (Å²) >= 11 is 3.63. The van der Waals surface area contributed by atoms with Crippen molar-refractivity contribution in [1.82, 2.24) is 15.0 Å². The number of rotatable bonds is 3. The second-order valence-electron chi connectivity index (χ2n) is 13.6. The second-order valence-corrected chi connectivity index (χ2v) is 15.8. The summed E-state index contributed by atoms with van der Waals surface area (Å²) in [5.41, 5.74) is 6.45. The van der Waals surface area contributed by atoms with E-state index in [-0.39, 0.29) is 0 Å². The summed E-state index contributed by atoms with van der Waals surface area (Å²) in [5, 5.41) is 9.60. The highest BCUT2D eigenvalue weighted by atomic mass is 32.1. The molecule has 0 bridgehead atoms. The number of nitrogens with zero attached hydrogens (tertiary/aromatic N) is 4. The molecule has 0 spiro atoms. The molecule has 1 aliphatic rings. The van der Waals surface area contributed by atoms with E-state index in [0.717, 1.165) is 28.1 Å². The van der Waals surface area contributed by atoms with Gasteiger partial charge in [-0.1, -0.05) is 103 Å². The van der Waals surface area contributed by atoms with Gasteiger partial charge in [0.1, 0.15) is 0 Å². The van der Waals surface area contributed by atoms with Gasteiger partial charge >= 0.3 is 0 Å². The van der Waals surface area contributed by atoms with E-state index in [4.69, 9.17) is 15.0 Å². The van der Waals surface area contributed by atoms with Crippen molar-refractivity contribution in [3.05, 3.63) is 158 Å². The zero-order valence-corrected chi connectivity index (χ0v) is 29.7. The maximum Gasteiger partial charge on any atom is 0.238 e. The van der Waals surface area contributed by atoms with Crippen molar-refractivity contribution in [2.75, 3.05) is 4.90 Å². The lowest BCUT2D eigenvalue weighted by atomic mass is 9.90. The van der Waals surface area contributed by atoms with Crippen LogP contribution in [0.5, 0.6) is 0 Å². The molecule has 11 aromatic rings. The molecular weight excluding hydrogens is 685 g/mol. The summed E-state index contributed by atoms with van der Waals surface area (Å²) in [5.74, 6) is 1.89. The van der Waals surface area contributed by atoms with E-state index < -0.39 is 0 Å². The molecule has 0 fully saturated rings. The zero-order valence-electron chi connectivity index (χ0n) is 28.1. The number of benzene rings is 8. The fraction of sp³-hybridized carbons (Fsp3) is 0. The van der Waals surface area contributed by atoms with Crippen LogP contribution in [0.15, 0.2) is 158 Å². The van der Waals surface area contributed by atoms with Crippen molar-refractivity contribution in [2.24, 2.45) is 0 Å². The SMILES string of the molecule is c1ccc2cc3c(cc2c1)-c1cccc2cccc(c12)N3c1nc(-c2ccc3sc4ccccc4c3c2)nc(-c2cccc3sc4ccccc4c23)n1. The third kappa shape index (κ3) is 4.31. The molecule has 53 heavy (non-hydrogen) atoms. The largest absolute Gasteiger partial charge is 0.278 e. The van der Waals surface area contributed by atoms with E-state index in [9.17, 15) is 0 Å². The summed E-state index contributed by atoms with van der Waals surface area (Å²) in [4.78, 5) is 18.4. The van der Waals surface area contributed by atoms with Crippen LogP contribution in [0.25, 0.3) is 95.8 Å². The van der Waals surface area contributed by atoms with Gasteiger partial charge in [0.25, 0.3) is 0 Å². The standard InChI is InChI=1S/C47H26N4S2/c1-2-11-29-26-38-35(24-28(29)10-1)32-16-7-12-27-13-8-18-37(43(27)32)51(38)47-49-45(30-22-23-41-36(25-30)31-14-3-5-19-39(31)52-41)48-46(50-47)34-17-9-21-42-44(34)33-15-4-6-20-40(33)53-42/h1-26H. The second kappa shape index (κ2) is 11.0. The molecule has 0 N–H and O–H groups in total. The van der Waals surface area contributed by atoms with E-state index in [1.54, 1.807) is 11.3 Å². The number of hydrogen-bond donors (Lipinski definition) is 0. The minimum absolute atomic E-state index is 0.593. The first-order valence-electron chi connectivity index (χ1n) is 17.7. The Balaban J connectivity index is 1.18. The maximum absolute atomic E-state index is 5.44. The summed E-state index contributed by atoms with van der Waals surface area (Å²) in [6, 6.07) is 56.7. The highest BCUT2D eigenvalue weighted by Crippen LogP contribution is 2.52. The van der Waals surface area contributed by atoms with Crippen molar-refractivity contribution in [2.45, 2.75) is 0 Å². The Kier molecular flexibility index (Phi) is 6.06. The third-order valence-corrected chi connectivity index (χ3v) is 12.9. The fourth-order valence-electron chi connectivity index (χ4n) is 8.25. The topological polar surface area (TPSA) is 41.9 Å². The maximum atomic E-state index is 5.44. The van der Waals surface area contributed by atoms with E-state index in [0.29, 0.717) is 17.6 Å². The molecule has 0 atom stereocenters. The lowest BCUT2D eigenvalue weighted by Crippen LogP contribution is -2.19. The quantitative estimate of drug-likeness (QED) is 0.183. The van der Waals surface area contributed by atoms with E-state index in [1.165, 1.54) is 67.5 Å². The van der Waals surface area contributed by atoms with Crippen molar-refractivity contribution >= 4 is 102 Å². The molecule has 0 aliphatic carbocycles. The number of thiophene rings is 2. The molecule has 0 radical (unpaired) electrons. The molecule has 4 nitrogen and oxygen atoms in total. The van der Waals surface area contributed by atoms with Crippen molar-refractivity contribution in [3.8, 4) is 33.9 Å². The Morgan fingerprint density at radius 1 is 0.377 bits per heavy atom. The average Bonchev–Trinajstić information content (AvgIpc) is 3.78. The van der Waals surface area contributed by atoms with Crippen LogP contribution < -0.4 is 4.90 Å². The molecule has 12 rings (SSSR count). The molecule has 246 valence electrons. The molecular formula is C47H26N4S2. The van der Waals surface area contributed by atoms with E-state index >= 15 is 0 Å².